The molecule has 0 amide bonds. The number of nitrogens with one attached hydrogen (secondary N) is 1. The Morgan fingerprint density at radius 1 is 1.36 bits per heavy atom. The van der Waals surface area contributed by atoms with E-state index in [0.717, 1.165) is 15.9 Å². The van der Waals surface area contributed by atoms with Gasteiger partial charge in [0.05, 0.1) is 10.2 Å². The highest BCUT2D eigenvalue weighted by Gasteiger charge is 2.16. The highest BCUT2D eigenvalue weighted by molar-refractivity contribution is 7.17. The van der Waals surface area contributed by atoms with E-state index in [2.05, 4.69) is 25.8 Å². The predicted molar refractivity (Wildman–Crippen MR) is 61.1 cm³/mol. The van der Waals surface area contributed by atoms with Gasteiger partial charge in [0.1, 0.15) is 0 Å². The Morgan fingerprint density at radius 2 is 2.07 bits per heavy atom. The Hall–Kier alpha value is -1.09. The minimum absolute atomic E-state index is 0.00468. The first-order valence-electron chi connectivity index (χ1n) is 4.59. The molecule has 3 heteroatoms. The molecule has 0 aliphatic rings. The molecule has 1 N–H and O–H groups in total. The molecular weight excluding hydrogens is 194 g/mol. The zero-order valence-electron chi connectivity index (χ0n) is 8.55. The van der Waals surface area contributed by atoms with Crippen LogP contribution in [0.2, 0.25) is 0 Å². The monoisotopic (exact) mass is 207 g/mol. The summed E-state index contributed by atoms with van der Waals surface area (Å²) in [6, 6.07) is 3.66. The van der Waals surface area contributed by atoms with Gasteiger partial charge in [0.25, 0.3) is 0 Å². The first-order valence-corrected chi connectivity index (χ1v) is 5.47. The van der Waals surface area contributed by atoms with Crippen molar-refractivity contribution >= 4 is 21.6 Å². The number of thiophene rings is 1. The van der Waals surface area contributed by atoms with Crippen LogP contribution in [-0.4, -0.2) is 4.98 Å². The molecule has 2 rings (SSSR count). The van der Waals surface area contributed by atoms with Crippen LogP contribution in [0.25, 0.3) is 10.2 Å². The topological polar surface area (TPSA) is 32.9 Å². The molecule has 0 radical (unpaired) electrons. The van der Waals surface area contributed by atoms with Gasteiger partial charge in [-0.1, -0.05) is 20.8 Å². The zero-order chi connectivity index (χ0) is 10.3. The largest absolute Gasteiger partial charge is 0.357 e. The van der Waals surface area contributed by atoms with E-state index < -0.39 is 0 Å². The molecule has 14 heavy (non-hydrogen) atoms. The maximum absolute atomic E-state index is 11.7. The van der Waals surface area contributed by atoms with Crippen LogP contribution in [0.5, 0.6) is 0 Å². The van der Waals surface area contributed by atoms with Crippen molar-refractivity contribution < 1.29 is 0 Å². The van der Waals surface area contributed by atoms with Gasteiger partial charge in [-0.2, -0.15) is 0 Å². The third-order valence-corrected chi connectivity index (χ3v) is 3.17. The van der Waals surface area contributed by atoms with Gasteiger partial charge in [0, 0.05) is 17.2 Å². The molecular formula is C11H13NOS. The van der Waals surface area contributed by atoms with Crippen molar-refractivity contribution in [1.82, 2.24) is 4.98 Å². The van der Waals surface area contributed by atoms with Crippen LogP contribution in [0.1, 0.15) is 26.5 Å². The van der Waals surface area contributed by atoms with Gasteiger partial charge in [-0.05, 0) is 11.4 Å². The van der Waals surface area contributed by atoms with Crippen molar-refractivity contribution in [2.24, 2.45) is 0 Å². The molecule has 2 nitrogen and oxygen atoms in total. The second-order valence-corrected chi connectivity index (χ2v) is 5.38. The second kappa shape index (κ2) is 2.95. The van der Waals surface area contributed by atoms with E-state index >= 15 is 0 Å². The van der Waals surface area contributed by atoms with E-state index in [9.17, 15) is 4.79 Å². The smallest absolute Gasteiger partial charge is 0.199 e. The van der Waals surface area contributed by atoms with Crippen LogP contribution >= 0.6 is 11.3 Å². The average Bonchev–Trinajstić information content (AvgIpc) is 2.50. The van der Waals surface area contributed by atoms with Crippen molar-refractivity contribution in [3.63, 3.8) is 0 Å². The van der Waals surface area contributed by atoms with Crippen LogP contribution in [0.15, 0.2) is 22.3 Å². The molecule has 0 fully saturated rings. The molecule has 0 atom stereocenters. The van der Waals surface area contributed by atoms with E-state index in [-0.39, 0.29) is 10.8 Å². The minimum atomic E-state index is -0.00468. The van der Waals surface area contributed by atoms with E-state index in [0.29, 0.717) is 0 Å². The minimum Gasteiger partial charge on any atom is -0.357 e. The summed E-state index contributed by atoms with van der Waals surface area (Å²) in [5, 5.41) is 1.94. The van der Waals surface area contributed by atoms with Crippen molar-refractivity contribution in [3.05, 3.63) is 33.4 Å². The second-order valence-electron chi connectivity index (χ2n) is 4.46. The molecule has 2 aromatic heterocycles. The standard InChI is InChI=1S/C11H13NOS/c1-11(2,3)9-6-8(13)10-7(12-9)4-5-14-10/h4-6H,1-3H3,(H,12,13). The number of aromatic amines is 1. The van der Waals surface area contributed by atoms with Gasteiger partial charge in [-0.25, -0.2) is 0 Å². The van der Waals surface area contributed by atoms with E-state index in [1.807, 2.05) is 11.4 Å². The molecule has 0 saturated heterocycles. The van der Waals surface area contributed by atoms with E-state index in [1.165, 1.54) is 11.3 Å². The fourth-order valence-electron chi connectivity index (χ4n) is 1.38. The first-order chi connectivity index (χ1) is 6.48. The summed E-state index contributed by atoms with van der Waals surface area (Å²) in [5.41, 5.74) is 2.06. The van der Waals surface area contributed by atoms with E-state index in [4.69, 9.17) is 0 Å². The summed E-state index contributed by atoms with van der Waals surface area (Å²) in [6.45, 7) is 6.28. The Morgan fingerprint density at radius 3 is 2.71 bits per heavy atom. The van der Waals surface area contributed by atoms with Crippen molar-refractivity contribution in [3.8, 4) is 0 Å². The van der Waals surface area contributed by atoms with Crippen molar-refractivity contribution in [2.45, 2.75) is 26.2 Å². The molecule has 0 aliphatic carbocycles. The summed E-state index contributed by atoms with van der Waals surface area (Å²) in [5.74, 6) is 0. The van der Waals surface area contributed by atoms with E-state index in [1.54, 1.807) is 6.07 Å². The quantitative estimate of drug-likeness (QED) is 0.708. The summed E-state index contributed by atoms with van der Waals surface area (Å²) in [6.07, 6.45) is 0. The Balaban J connectivity index is 2.77. The summed E-state index contributed by atoms with van der Waals surface area (Å²) >= 11 is 1.49. The molecule has 0 aliphatic heterocycles. The fraction of sp³-hybridized carbons (Fsp3) is 0.364. The van der Waals surface area contributed by atoms with Crippen LogP contribution in [0.3, 0.4) is 0 Å². The molecule has 0 aromatic carbocycles. The van der Waals surface area contributed by atoms with Gasteiger partial charge < -0.3 is 4.98 Å². The zero-order valence-corrected chi connectivity index (χ0v) is 9.37. The molecule has 74 valence electrons. The number of hydrogen-bond acceptors (Lipinski definition) is 2. The van der Waals surface area contributed by atoms with Gasteiger partial charge in [0.15, 0.2) is 5.43 Å². The van der Waals surface area contributed by atoms with Crippen LogP contribution in [0, 0.1) is 0 Å². The lowest BCUT2D eigenvalue weighted by Crippen LogP contribution is -2.16. The SMILES string of the molecule is CC(C)(C)c1cc(=O)c2sccc2[nH]1. The predicted octanol–water partition coefficient (Wildman–Crippen LogP) is 2.89. The summed E-state index contributed by atoms with van der Waals surface area (Å²) in [7, 11) is 0. The van der Waals surface area contributed by atoms with Crippen LogP contribution in [0.4, 0.5) is 0 Å². The van der Waals surface area contributed by atoms with Gasteiger partial charge >= 0.3 is 0 Å². The number of aromatic nitrogens is 1. The molecule has 2 heterocycles. The lowest BCUT2D eigenvalue weighted by atomic mass is 9.91. The Bertz CT molecular complexity index is 516. The number of pyridine rings is 1. The van der Waals surface area contributed by atoms with Crippen molar-refractivity contribution in [2.75, 3.05) is 0 Å². The number of hydrogen-bond donors (Lipinski definition) is 1. The molecule has 2 aromatic rings. The van der Waals surface area contributed by atoms with Crippen molar-refractivity contribution in [1.29, 1.82) is 0 Å². The third-order valence-electron chi connectivity index (χ3n) is 2.24. The maximum atomic E-state index is 11.7. The Kier molecular flexibility index (Phi) is 2.00. The van der Waals surface area contributed by atoms with Crippen LogP contribution < -0.4 is 5.43 Å². The highest BCUT2D eigenvalue weighted by atomic mass is 32.1. The number of rotatable bonds is 0. The lowest BCUT2D eigenvalue weighted by molar-refractivity contribution is 0.571. The number of fused-ring (bicyclic) bond motifs is 1. The first kappa shape index (κ1) is 9.46. The van der Waals surface area contributed by atoms with Gasteiger partial charge in [0.2, 0.25) is 0 Å². The van der Waals surface area contributed by atoms with Gasteiger partial charge in [-0.15, -0.1) is 11.3 Å². The molecule has 0 spiro atoms. The number of H-pyrrole nitrogens is 1. The normalized spacial score (nSPS) is 12.2. The summed E-state index contributed by atoms with van der Waals surface area (Å²) < 4.78 is 0.818. The average molecular weight is 207 g/mol. The molecule has 0 saturated carbocycles. The maximum Gasteiger partial charge on any atom is 0.199 e. The fourth-order valence-corrected chi connectivity index (χ4v) is 2.14. The highest BCUT2D eigenvalue weighted by Crippen LogP contribution is 2.22. The molecule has 0 unspecified atom stereocenters. The third kappa shape index (κ3) is 1.48. The lowest BCUT2D eigenvalue weighted by Gasteiger charge is -2.18. The summed E-state index contributed by atoms with van der Waals surface area (Å²) in [4.78, 5) is 15.0. The van der Waals surface area contributed by atoms with Gasteiger partial charge in [-0.3, -0.25) is 4.79 Å². The molecule has 0 bridgehead atoms. The van der Waals surface area contributed by atoms with Crippen LogP contribution in [-0.2, 0) is 5.41 Å². The Labute approximate surface area is 86.6 Å².